The number of pyridine rings is 1. The fraction of sp³-hybridized carbons (Fsp3) is 0.480. The summed E-state index contributed by atoms with van der Waals surface area (Å²) in [5.41, 5.74) is 2.32. The number of nitrogens with zero attached hydrogens (tertiary/aromatic N) is 4. The molecule has 1 atom stereocenters. The fourth-order valence-corrected chi connectivity index (χ4v) is 4.27. The molecule has 2 fully saturated rings. The van der Waals surface area contributed by atoms with E-state index in [-0.39, 0.29) is 24.4 Å². The number of carbonyl (C=O) groups is 2. The van der Waals surface area contributed by atoms with Crippen molar-refractivity contribution in [2.45, 2.75) is 45.7 Å². The molecule has 0 radical (unpaired) electrons. The van der Waals surface area contributed by atoms with Gasteiger partial charge in [-0.2, -0.15) is 0 Å². The number of hydrogen-bond donors (Lipinski definition) is 0. The predicted molar refractivity (Wildman–Crippen MR) is 124 cm³/mol. The zero-order chi connectivity index (χ0) is 22.5. The number of anilines is 1. The van der Waals surface area contributed by atoms with Gasteiger partial charge in [-0.05, 0) is 37.5 Å². The van der Waals surface area contributed by atoms with Crippen molar-refractivity contribution in [2.24, 2.45) is 0 Å². The molecule has 7 heteroatoms. The number of rotatable bonds is 8. The van der Waals surface area contributed by atoms with Crippen LogP contribution >= 0.6 is 0 Å². The maximum atomic E-state index is 13.0. The van der Waals surface area contributed by atoms with Gasteiger partial charge in [-0.3, -0.25) is 9.59 Å². The minimum absolute atomic E-state index is 0.0168. The number of amides is 2. The van der Waals surface area contributed by atoms with E-state index in [2.05, 4.69) is 43.1 Å². The molecule has 7 nitrogen and oxygen atoms in total. The van der Waals surface area contributed by atoms with Gasteiger partial charge in [-0.25, -0.2) is 4.98 Å². The molecule has 3 heterocycles. The van der Waals surface area contributed by atoms with Gasteiger partial charge in [0.15, 0.2) is 0 Å². The second-order valence-corrected chi connectivity index (χ2v) is 8.61. The Morgan fingerprint density at radius 2 is 1.88 bits per heavy atom. The first-order chi connectivity index (χ1) is 15.5. The number of likely N-dealkylation sites (tertiary alicyclic amines) is 1. The molecule has 0 bridgehead atoms. The van der Waals surface area contributed by atoms with Crippen molar-refractivity contribution < 1.29 is 14.3 Å². The van der Waals surface area contributed by atoms with E-state index in [0.29, 0.717) is 39.2 Å². The van der Waals surface area contributed by atoms with Gasteiger partial charge in [0, 0.05) is 26.2 Å². The van der Waals surface area contributed by atoms with Crippen molar-refractivity contribution in [3.05, 3.63) is 53.7 Å². The van der Waals surface area contributed by atoms with E-state index < -0.39 is 0 Å². The average Bonchev–Trinajstić information content (AvgIpc) is 3.16. The van der Waals surface area contributed by atoms with Crippen molar-refractivity contribution in [3.63, 3.8) is 0 Å². The van der Waals surface area contributed by atoms with E-state index in [4.69, 9.17) is 4.74 Å². The molecule has 170 valence electrons. The lowest BCUT2D eigenvalue weighted by Crippen LogP contribution is -2.56. The van der Waals surface area contributed by atoms with Gasteiger partial charge in [0.2, 0.25) is 11.8 Å². The number of aryl methyl sites for hydroxylation is 1. The van der Waals surface area contributed by atoms with E-state index in [9.17, 15) is 9.59 Å². The molecule has 0 saturated carbocycles. The molecular formula is C25H32N4O3. The third-order valence-electron chi connectivity index (χ3n) is 6.21. The highest BCUT2D eigenvalue weighted by Crippen LogP contribution is 2.24. The summed E-state index contributed by atoms with van der Waals surface area (Å²) >= 11 is 0. The molecule has 4 rings (SSSR count). The van der Waals surface area contributed by atoms with Gasteiger partial charge in [0.1, 0.15) is 17.6 Å². The number of hydrogen-bond acceptors (Lipinski definition) is 5. The van der Waals surface area contributed by atoms with E-state index in [1.165, 1.54) is 5.56 Å². The molecule has 1 aromatic carbocycles. The minimum atomic E-state index is -0.350. The lowest BCUT2D eigenvalue weighted by Gasteiger charge is -2.37. The number of benzene rings is 1. The van der Waals surface area contributed by atoms with Crippen LogP contribution in [0.15, 0.2) is 42.6 Å². The highest BCUT2D eigenvalue weighted by Gasteiger charge is 2.40. The first kappa shape index (κ1) is 22.1. The Kier molecular flexibility index (Phi) is 6.93. The van der Waals surface area contributed by atoms with Crippen molar-refractivity contribution in [3.8, 4) is 5.75 Å². The lowest BCUT2D eigenvalue weighted by atomic mass is 10.1. The normalized spacial score (nSPS) is 19.1. The zero-order valence-corrected chi connectivity index (χ0v) is 19.0. The molecule has 32 heavy (non-hydrogen) atoms. The second kappa shape index (κ2) is 10.0. The van der Waals surface area contributed by atoms with Crippen molar-refractivity contribution in [1.29, 1.82) is 0 Å². The van der Waals surface area contributed by atoms with Crippen molar-refractivity contribution in [1.82, 2.24) is 14.8 Å². The summed E-state index contributed by atoms with van der Waals surface area (Å²) in [5, 5.41) is 0. The van der Waals surface area contributed by atoms with Crippen molar-refractivity contribution >= 4 is 17.6 Å². The Hall–Kier alpha value is -3.09. The minimum Gasteiger partial charge on any atom is -0.492 e. The number of piperazine rings is 1. The van der Waals surface area contributed by atoms with Gasteiger partial charge in [-0.15, -0.1) is 0 Å². The van der Waals surface area contributed by atoms with Crippen LogP contribution in [0.25, 0.3) is 0 Å². The summed E-state index contributed by atoms with van der Waals surface area (Å²) in [4.78, 5) is 36.0. The highest BCUT2D eigenvalue weighted by atomic mass is 16.5. The van der Waals surface area contributed by atoms with Gasteiger partial charge in [0.25, 0.3) is 0 Å². The van der Waals surface area contributed by atoms with E-state index in [1.54, 1.807) is 11.1 Å². The number of unbranched alkanes of at least 4 members (excludes halogenated alkanes) is 1. The molecule has 2 aliphatic rings. The number of ether oxygens (including phenoxy) is 1. The molecule has 2 aromatic rings. The summed E-state index contributed by atoms with van der Waals surface area (Å²) in [6.07, 6.45) is 4.51. The van der Waals surface area contributed by atoms with Crippen LogP contribution in [0.4, 0.5) is 5.82 Å². The lowest BCUT2D eigenvalue weighted by molar-refractivity contribution is -0.142. The second-order valence-electron chi connectivity index (χ2n) is 8.61. The Labute approximate surface area is 190 Å². The summed E-state index contributed by atoms with van der Waals surface area (Å²) in [6.45, 7) is 7.59. The van der Waals surface area contributed by atoms with Gasteiger partial charge in [0.05, 0.1) is 19.3 Å². The van der Waals surface area contributed by atoms with E-state index in [1.807, 2.05) is 21.9 Å². The average molecular weight is 437 g/mol. The molecule has 0 unspecified atom stereocenters. The summed E-state index contributed by atoms with van der Waals surface area (Å²) in [5.74, 6) is 1.55. The standard InChI is InChI=1S/C25H32N4O3/c1-3-4-15-32-21-9-10-23(26-16-21)27-13-14-29(24(30)18-27)22-11-12-28(25(22)31)17-20-7-5-19(2)6-8-20/h5-10,16,22H,3-4,11-15,17-18H2,1-2H3/t22-/m1/s1. The molecule has 0 aliphatic carbocycles. The Bertz CT molecular complexity index is 929. The largest absolute Gasteiger partial charge is 0.492 e. The molecule has 2 saturated heterocycles. The zero-order valence-electron chi connectivity index (χ0n) is 19.0. The third-order valence-corrected chi connectivity index (χ3v) is 6.21. The summed E-state index contributed by atoms with van der Waals surface area (Å²) in [6, 6.07) is 11.7. The molecule has 1 aromatic heterocycles. The molecular weight excluding hydrogens is 404 g/mol. The molecule has 2 aliphatic heterocycles. The topological polar surface area (TPSA) is 66.0 Å². The van der Waals surface area contributed by atoms with Crippen LogP contribution in [0, 0.1) is 6.92 Å². The van der Waals surface area contributed by atoms with Crippen LogP contribution in [-0.2, 0) is 16.1 Å². The van der Waals surface area contributed by atoms with Crippen molar-refractivity contribution in [2.75, 3.05) is 37.7 Å². The van der Waals surface area contributed by atoms with E-state index >= 15 is 0 Å². The molecule has 2 amide bonds. The van der Waals surface area contributed by atoms with Crippen LogP contribution in [0.5, 0.6) is 5.75 Å². The number of aromatic nitrogens is 1. The first-order valence-corrected chi connectivity index (χ1v) is 11.5. The Balaban J connectivity index is 1.32. The highest BCUT2D eigenvalue weighted by molar-refractivity contribution is 5.91. The molecule has 0 spiro atoms. The third kappa shape index (κ3) is 5.03. The van der Waals surface area contributed by atoms with E-state index in [0.717, 1.165) is 30.0 Å². The maximum Gasteiger partial charge on any atom is 0.245 e. The smallest absolute Gasteiger partial charge is 0.245 e. The van der Waals surface area contributed by atoms with Crippen LogP contribution in [0.1, 0.15) is 37.3 Å². The monoisotopic (exact) mass is 436 g/mol. The first-order valence-electron chi connectivity index (χ1n) is 11.5. The fourth-order valence-electron chi connectivity index (χ4n) is 4.27. The predicted octanol–water partition coefficient (Wildman–Crippen LogP) is 3.02. The SMILES string of the molecule is CCCCOc1ccc(N2CCN([C@@H]3CCN(Cc4ccc(C)cc4)C3=O)C(=O)C2)nc1. The molecule has 0 N–H and O–H groups in total. The Morgan fingerprint density at radius 1 is 1.06 bits per heavy atom. The number of carbonyl (C=O) groups excluding carboxylic acids is 2. The quantitative estimate of drug-likeness (QED) is 0.595. The van der Waals surface area contributed by atoms with Crippen LogP contribution < -0.4 is 9.64 Å². The van der Waals surface area contributed by atoms with Gasteiger partial charge >= 0.3 is 0 Å². The summed E-state index contributed by atoms with van der Waals surface area (Å²) < 4.78 is 5.67. The van der Waals surface area contributed by atoms with Gasteiger partial charge in [-0.1, -0.05) is 43.2 Å². The van der Waals surface area contributed by atoms with Crippen LogP contribution in [0.2, 0.25) is 0 Å². The van der Waals surface area contributed by atoms with Crippen LogP contribution in [0.3, 0.4) is 0 Å². The Morgan fingerprint density at radius 3 is 2.56 bits per heavy atom. The van der Waals surface area contributed by atoms with Crippen LogP contribution in [-0.4, -0.2) is 65.4 Å². The van der Waals surface area contributed by atoms with Gasteiger partial charge < -0.3 is 19.4 Å². The summed E-state index contributed by atoms with van der Waals surface area (Å²) in [7, 11) is 0. The maximum absolute atomic E-state index is 13.0.